The van der Waals surface area contributed by atoms with Gasteiger partial charge < -0.3 is 9.13 Å². The molecule has 2 heteroatoms. The van der Waals surface area contributed by atoms with Crippen LogP contribution in [-0.4, -0.2) is 9.13 Å². The van der Waals surface area contributed by atoms with E-state index in [1.165, 1.54) is 82.4 Å². The molecule has 0 aliphatic heterocycles. The summed E-state index contributed by atoms with van der Waals surface area (Å²) in [7, 11) is 0. The zero-order valence-electron chi connectivity index (χ0n) is 36.1. The molecule has 0 bridgehead atoms. The molecule has 0 fully saturated rings. The van der Waals surface area contributed by atoms with E-state index in [4.69, 9.17) is 0 Å². The Kier molecular flexibility index (Phi) is 9.43. The number of aryl methyl sites for hydroxylation is 1. The van der Waals surface area contributed by atoms with Crippen LogP contribution in [0.5, 0.6) is 0 Å². The van der Waals surface area contributed by atoms with E-state index in [1.54, 1.807) is 0 Å². The second kappa shape index (κ2) is 16.0. The van der Waals surface area contributed by atoms with Crippen molar-refractivity contribution in [3.8, 4) is 78.7 Å². The van der Waals surface area contributed by atoms with E-state index in [-0.39, 0.29) is 0 Å². The molecule has 0 spiro atoms. The lowest BCUT2D eigenvalue weighted by Crippen LogP contribution is -2.02. The Morgan fingerprint density at radius 2 is 0.662 bits per heavy atom. The van der Waals surface area contributed by atoms with E-state index < -0.39 is 0 Å². The Morgan fingerprint density at radius 1 is 0.262 bits per heavy atom. The molecule has 2 aromatic heterocycles. The van der Waals surface area contributed by atoms with E-state index in [0.29, 0.717) is 0 Å². The van der Waals surface area contributed by atoms with E-state index in [2.05, 4.69) is 265 Å². The average Bonchev–Trinajstić information content (AvgIpc) is 4.03. The van der Waals surface area contributed by atoms with Crippen LogP contribution in [0, 0.1) is 6.92 Å². The summed E-state index contributed by atoms with van der Waals surface area (Å²) in [5.74, 6) is 0. The molecule has 0 N–H and O–H groups in total. The molecule has 0 radical (unpaired) electrons. The third-order valence-electron chi connectivity index (χ3n) is 13.1. The Balaban J connectivity index is 1.20. The fourth-order valence-electron chi connectivity index (χ4n) is 10.0. The molecule has 65 heavy (non-hydrogen) atoms. The summed E-state index contributed by atoms with van der Waals surface area (Å²) in [5.41, 5.74) is 17.6. The standard InChI is InChI=1S/C63H44N2/c1-43-18-14-17-29-53(43)63-55-35-33-51(64-58(45-20-6-2-7-21-45)36-37-59(64)46-22-8-3-9-23-46)41-56(55)62(50-31-30-44-19-15-16-28-49(44)40-50)54-34-32-52(42-57(54)63)65-60(47-24-10-4-11-25-47)38-39-61(65)48-26-12-5-13-27-48/h2-42H,1H3. The first-order valence-electron chi connectivity index (χ1n) is 22.4. The zero-order valence-corrected chi connectivity index (χ0v) is 36.1. The minimum atomic E-state index is 1.11. The molecule has 0 saturated carbocycles. The summed E-state index contributed by atoms with van der Waals surface area (Å²) >= 11 is 0. The summed E-state index contributed by atoms with van der Waals surface area (Å²) in [5, 5.41) is 7.29. The molecule has 0 aliphatic rings. The number of fused-ring (bicyclic) bond motifs is 3. The number of aromatic nitrogens is 2. The lowest BCUT2D eigenvalue weighted by Gasteiger charge is -2.22. The largest absolute Gasteiger partial charge is 0.309 e. The summed E-state index contributed by atoms with van der Waals surface area (Å²) in [6.45, 7) is 2.24. The van der Waals surface area contributed by atoms with Gasteiger partial charge in [0.15, 0.2) is 0 Å². The Bertz CT molecular complexity index is 3580. The molecular formula is C63H44N2. The quantitative estimate of drug-likeness (QED) is 0.135. The normalized spacial score (nSPS) is 11.5. The molecule has 0 aliphatic carbocycles. The van der Waals surface area contributed by atoms with Crippen LogP contribution in [-0.2, 0) is 0 Å². The van der Waals surface area contributed by atoms with Gasteiger partial charge in [-0.15, -0.1) is 0 Å². The fraction of sp³-hybridized carbons (Fsp3) is 0.0159. The third kappa shape index (κ3) is 6.67. The minimum Gasteiger partial charge on any atom is -0.309 e. The van der Waals surface area contributed by atoms with Gasteiger partial charge in [-0.25, -0.2) is 0 Å². The van der Waals surface area contributed by atoms with Gasteiger partial charge in [-0.3, -0.25) is 0 Å². The molecule has 2 heterocycles. The number of nitrogens with zero attached hydrogens (tertiary/aromatic N) is 2. The van der Waals surface area contributed by atoms with Gasteiger partial charge in [-0.1, -0.05) is 194 Å². The predicted octanol–water partition coefficient (Wildman–Crippen LogP) is 17.0. The van der Waals surface area contributed by atoms with Gasteiger partial charge in [0.2, 0.25) is 0 Å². The summed E-state index contributed by atoms with van der Waals surface area (Å²) in [4.78, 5) is 0. The molecule has 0 saturated heterocycles. The Morgan fingerprint density at radius 3 is 1.14 bits per heavy atom. The highest BCUT2D eigenvalue weighted by Crippen LogP contribution is 2.47. The van der Waals surface area contributed by atoms with Crippen molar-refractivity contribution < 1.29 is 0 Å². The van der Waals surface area contributed by atoms with E-state index in [0.717, 1.165) is 34.2 Å². The smallest absolute Gasteiger partial charge is 0.0535 e. The molecular weight excluding hydrogens is 785 g/mol. The first-order chi connectivity index (χ1) is 32.2. The monoisotopic (exact) mass is 828 g/mol. The molecule has 306 valence electrons. The second-order valence-corrected chi connectivity index (χ2v) is 16.9. The van der Waals surface area contributed by atoms with Crippen LogP contribution in [0.15, 0.2) is 249 Å². The molecule has 0 atom stereocenters. The maximum atomic E-state index is 2.45. The highest BCUT2D eigenvalue weighted by atomic mass is 15.0. The van der Waals surface area contributed by atoms with Crippen molar-refractivity contribution in [2.75, 3.05) is 0 Å². The van der Waals surface area contributed by atoms with Crippen molar-refractivity contribution in [3.05, 3.63) is 254 Å². The number of hydrogen-bond donors (Lipinski definition) is 0. The van der Waals surface area contributed by atoms with Crippen LogP contribution < -0.4 is 0 Å². The number of hydrogen-bond acceptors (Lipinski definition) is 0. The van der Waals surface area contributed by atoms with Gasteiger partial charge in [0, 0.05) is 11.4 Å². The van der Waals surface area contributed by atoms with Crippen LogP contribution in [0.1, 0.15) is 5.56 Å². The van der Waals surface area contributed by atoms with Crippen LogP contribution >= 0.6 is 0 Å². The van der Waals surface area contributed by atoms with Crippen LogP contribution in [0.2, 0.25) is 0 Å². The topological polar surface area (TPSA) is 9.86 Å². The van der Waals surface area contributed by atoms with E-state index >= 15 is 0 Å². The van der Waals surface area contributed by atoms with Crippen LogP contribution in [0.3, 0.4) is 0 Å². The lowest BCUT2D eigenvalue weighted by molar-refractivity contribution is 1.10. The summed E-state index contributed by atoms with van der Waals surface area (Å²) in [6, 6.07) is 91.0. The van der Waals surface area contributed by atoms with Crippen molar-refractivity contribution in [1.29, 1.82) is 0 Å². The maximum Gasteiger partial charge on any atom is 0.0535 e. The highest BCUT2D eigenvalue weighted by Gasteiger charge is 2.23. The van der Waals surface area contributed by atoms with Crippen LogP contribution in [0.4, 0.5) is 0 Å². The maximum absolute atomic E-state index is 2.45. The molecule has 0 amide bonds. The molecule has 2 nitrogen and oxygen atoms in total. The number of benzene rings is 10. The molecule has 12 aromatic rings. The molecule has 12 rings (SSSR count). The SMILES string of the molecule is Cc1ccccc1-c1c2ccc(-n3c(-c4ccccc4)ccc3-c3ccccc3)cc2c(-c2ccc3ccccc3c2)c2ccc(-n3c(-c4ccccc4)ccc3-c3ccccc3)cc12. The first kappa shape index (κ1) is 38.2. The van der Waals surface area contributed by atoms with E-state index in [1.807, 2.05) is 0 Å². The fourth-order valence-corrected chi connectivity index (χ4v) is 10.0. The predicted molar refractivity (Wildman–Crippen MR) is 275 cm³/mol. The van der Waals surface area contributed by atoms with Gasteiger partial charge in [0.25, 0.3) is 0 Å². The lowest BCUT2D eigenvalue weighted by atomic mass is 9.84. The average molecular weight is 829 g/mol. The second-order valence-electron chi connectivity index (χ2n) is 16.9. The number of rotatable bonds is 8. The van der Waals surface area contributed by atoms with Crippen molar-refractivity contribution in [3.63, 3.8) is 0 Å². The summed E-state index contributed by atoms with van der Waals surface area (Å²) < 4.78 is 4.88. The van der Waals surface area contributed by atoms with Crippen molar-refractivity contribution in [2.45, 2.75) is 6.92 Å². The van der Waals surface area contributed by atoms with Gasteiger partial charge in [-0.2, -0.15) is 0 Å². The van der Waals surface area contributed by atoms with Crippen molar-refractivity contribution in [2.24, 2.45) is 0 Å². The molecule has 0 unspecified atom stereocenters. The highest BCUT2D eigenvalue weighted by molar-refractivity contribution is 6.22. The minimum absolute atomic E-state index is 1.11. The Labute approximate surface area is 379 Å². The van der Waals surface area contributed by atoms with Crippen molar-refractivity contribution in [1.82, 2.24) is 9.13 Å². The van der Waals surface area contributed by atoms with E-state index in [9.17, 15) is 0 Å². The zero-order chi connectivity index (χ0) is 43.3. The van der Waals surface area contributed by atoms with Crippen molar-refractivity contribution >= 4 is 32.3 Å². The summed E-state index contributed by atoms with van der Waals surface area (Å²) in [6.07, 6.45) is 0. The van der Waals surface area contributed by atoms with Gasteiger partial charge in [-0.05, 0) is 144 Å². The van der Waals surface area contributed by atoms with Gasteiger partial charge >= 0.3 is 0 Å². The van der Waals surface area contributed by atoms with Gasteiger partial charge in [0.1, 0.15) is 0 Å². The Hall–Kier alpha value is -8.46. The first-order valence-corrected chi connectivity index (χ1v) is 22.4. The third-order valence-corrected chi connectivity index (χ3v) is 13.1. The van der Waals surface area contributed by atoms with Gasteiger partial charge in [0.05, 0.1) is 22.8 Å². The molecule has 10 aromatic carbocycles. The van der Waals surface area contributed by atoms with Crippen LogP contribution in [0.25, 0.3) is 111 Å².